The van der Waals surface area contributed by atoms with Crippen molar-refractivity contribution in [1.82, 2.24) is 9.97 Å². The zero-order valence-electron chi connectivity index (χ0n) is 14.6. The van der Waals surface area contributed by atoms with Gasteiger partial charge in [-0.1, -0.05) is 31.5 Å². The van der Waals surface area contributed by atoms with E-state index in [2.05, 4.69) is 20.6 Å². The standard InChI is InChI=1S/C16H23N7O2S/c1-9(17)7-11(26)22-14-12(13(18)24)20-8-10(21-14)23-16(15(19)25)5-3-2-4-6-16/h8,17H,2-7H2,1H3,(H2,18,24)(H2,19,25)(H2,21,22,23,26). The van der Waals surface area contributed by atoms with Crippen molar-refractivity contribution in [3.63, 3.8) is 0 Å². The van der Waals surface area contributed by atoms with Gasteiger partial charge in [0.2, 0.25) is 5.91 Å². The number of nitrogens with one attached hydrogen (secondary N) is 3. The van der Waals surface area contributed by atoms with Crippen LogP contribution in [0.15, 0.2) is 6.20 Å². The van der Waals surface area contributed by atoms with Gasteiger partial charge in [-0.2, -0.15) is 0 Å². The monoisotopic (exact) mass is 377 g/mol. The van der Waals surface area contributed by atoms with Gasteiger partial charge in [-0.15, -0.1) is 0 Å². The molecule has 10 heteroatoms. The number of hydrogen-bond acceptors (Lipinski definition) is 7. The molecule has 1 aromatic heterocycles. The molecule has 1 aliphatic rings. The topological polar surface area (TPSA) is 160 Å². The Hall–Kier alpha value is -2.62. The molecule has 1 fully saturated rings. The van der Waals surface area contributed by atoms with Crippen molar-refractivity contribution < 1.29 is 9.59 Å². The van der Waals surface area contributed by atoms with Crippen LogP contribution in [0.1, 0.15) is 55.9 Å². The molecular weight excluding hydrogens is 354 g/mol. The van der Waals surface area contributed by atoms with Gasteiger partial charge in [0.1, 0.15) is 11.4 Å². The lowest BCUT2D eigenvalue weighted by molar-refractivity contribution is -0.123. The fourth-order valence-corrected chi connectivity index (χ4v) is 3.28. The summed E-state index contributed by atoms with van der Waals surface area (Å²) in [4.78, 5) is 32.3. The molecule has 2 amide bonds. The average Bonchev–Trinajstić information content (AvgIpc) is 2.54. The Kier molecular flexibility index (Phi) is 6.19. The quantitative estimate of drug-likeness (QED) is 0.354. The Morgan fingerprint density at radius 1 is 1.31 bits per heavy atom. The van der Waals surface area contributed by atoms with Crippen LogP contribution in [-0.2, 0) is 4.79 Å². The van der Waals surface area contributed by atoms with Crippen LogP contribution in [0.25, 0.3) is 0 Å². The number of carbonyl (C=O) groups is 2. The lowest BCUT2D eigenvalue weighted by Crippen LogP contribution is -2.52. The summed E-state index contributed by atoms with van der Waals surface area (Å²) in [5.41, 5.74) is 10.4. The summed E-state index contributed by atoms with van der Waals surface area (Å²) in [5.74, 6) is -0.817. The molecule has 0 aromatic carbocycles. The third kappa shape index (κ3) is 4.72. The molecule has 0 saturated heterocycles. The highest BCUT2D eigenvalue weighted by atomic mass is 32.1. The predicted molar refractivity (Wildman–Crippen MR) is 103 cm³/mol. The molecule has 0 bridgehead atoms. The number of anilines is 2. The second-order valence-corrected chi connectivity index (χ2v) is 6.95. The summed E-state index contributed by atoms with van der Waals surface area (Å²) >= 11 is 5.16. The zero-order valence-corrected chi connectivity index (χ0v) is 15.4. The van der Waals surface area contributed by atoms with E-state index in [4.69, 9.17) is 29.1 Å². The van der Waals surface area contributed by atoms with Crippen molar-refractivity contribution in [1.29, 1.82) is 5.41 Å². The summed E-state index contributed by atoms with van der Waals surface area (Å²) in [6.07, 6.45) is 5.60. The minimum absolute atomic E-state index is 0.0719. The fourth-order valence-electron chi connectivity index (χ4n) is 2.97. The number of aromatic nitrogens is 2. The molecule has 0 aliphatic heterocycles. The number of primary amides is 2. The number of nitrogens with zero attached hydrogens (tertiary/aromatic N) is 2. The molecule has 1 heterocycles. The molecule has 1 aliphatic carbocycles. The zero-order chi connectivity index (χ0) is 19.3. The van der Waals surface area contributed by atoms with Crippen LogP contribution < -0.4 is 22.1 Å². The third-order valence-electron chi connectivity index (χ3n) is 4.24. The first-order chi connectivity index (χ1) is 12.2. The van der Waals surface area contributed by atoms with Gasteiger partial charge >= 0.3 is 0 Å². The van der Waals surface area contributed by atoms with Crippen molar-refractivity contribution in [3.8, 4) is 0 Å². The molecule has 1 saturated carbocycles. The maximum atomic E-state index is 12.0. The molecule has 0 unspecified atom stereocenters. The minimum Gasteiger partial charge on any atom is -0.368 e. The molecule has 1 aromatic rings. The molecule has 7 N–H and O–H groups in total. The number of nitrogens with two attached hydrogens (primary N) is 2. The number of thiocarbonyl (C=S) groups is 1. The van der Waals surface area contributed by atoms with Gasteiger partial charge in [0.15, 0.2) is 11.5 Å². The summed E-state index contributed by atoms with van der Waals surface area (Å²) in [5, 5.41) is 13.4. The maximum Gasteiger partial charge on any atom is 0.271 e. The molecule has 0 atom stereocenters. The van der Waals surface area contributed by atoms with Crippen LogP contribution in [0.3, 0.4) is 0 Å². The van der Waals surface area contributed by atoms with Crippen molar-refractivity contribution >= 4 is 46.4 Å². The number of carbonyl (C=O) groups excluding carboxylic acids is 2. The van der Waals surface area contributed by atoms with E-state index < -0.39 is 17.4 Å². The number of hydrogen-bond donors (Lipinski definition) is 5. The van der Waals surface area contributed by atoms with Gasteiger partial charge < -0.3 is 27.5 Å². The molecule has 9 nitrogen and oxygen atoms in total. The van der Waals surface area contributed by atoms with E-state index in [0.29, 0.717) is 29.4 Å². The first kappa shape index (κ1) is 19.7. The van der Waals surface area contributed by atoms with Crippen LogP contribution in [0.2, 0.25) is 0 Å². The molecule has 140 valence electrons. The van der Waals surface area contributed by atoms with Crippen molar-refractivity contribution in [3.05, 3.63) is 11.9 Å². The molecule has 0 radical (unpaired) electrons. The smallest absolute Gasteiger partial charge is 0.271 e. The average molecular weight is 377 g/mol. The fraction of sp³-hybridized carbons (Fsp3) is 0.500. The van der Waals surface area contributed by atoms with Crippen LogP contribution in [0.4, 0.5) is 11.6 Å². The Morgan fingerprint density at radius 3 is 2.50 bits per heavy atom. The Balaban J connectivity index is 2.30. The Morgan fingerprint density at radius 2 is 1.96 bits per heavy atom. The van der Waals surface area contributed by atoms with Gasteiger partial charge in [-0.25, -0.2) is 9.97 Å². The first-order valence-electron chi connectivity index (χ1n) is 8.32. The molecular formula is C16H23N7O2S. The van der Waals surface area contributed by atoms with Crippen LogP contribution >= 0.6 is 12.2 Å². The second-order valence-electron chi connectivity index (χ2n) is 6.45. The van der Waals surface area contributed by atoms with Gasteiger partial charge in [0.05, 0.1) is 11.2 Å². The summed E-state index contributed by atoms with van der Waals surface area (Å²) in [6.45, 7) is 1.62. The lowest BCUT2D eigenvalue weighted by Gasteiger charge is -2.35. The van der Waals surface area contributed by atoms with Crippen LogP contribution in [0.5, 0.6) is 0 Å². The molecule has 26 heavy (non-hydrogen) atoms. The summed E-state index contributed by atoms with van der Waals surface area (Å²) in [7, 11) is 0. The largest absolute Gasteiger partial charge is 0.368 e. The maximum absolute atomic E-state index is 12.0. The van der Waals surface area contributed by atoms with E-state index in [1.165, 1.54) is 6.20 Å². The van der Waals surface area contributed by atoms with Crippen molar-refractivity contribution in [2.24, 2.45) is 11.5 Å². The lowest BCUT2D eigenvalue weighted by atomic mass is 9.81. The minimum atomic E-state index is -0.884. The summed E-state index contributed by atoms with van der Waals surface area (Å²) < 4.78 is 0. The molecule has 2 rings (SSSR count). The van der Waals surface area contributed by atoms with Crippen molar-refractivity contribution in [2.45, 2.75) is 51.0 Å². The Labute approximate surface area is 156 Å². The van der Waals surface area contributed by atoms with E-state index >= 15 is 0 Å². The van der Waals surface area contributed by atoms with Gasteiger partial charge in [-0.3, -0.25) is 9.59 Å². The molecule has 0 spiro atoms. The predicted octanol–water partition coefficient (Wildman–Crippen LogP) is 1.34. The van der Waals surface area contributed by atoms with Gasteiger partial charge in [-0.05, 0) is 19.8 Å². The third-order valence-corrected chi connectivity index (χ3v) is 4.48. The van der Waals surface area contributed by atoms with E-state index in [0.717, 1.165) is 19.3 Å². The van der Waals surface area contributed by atoms with E-state index in [-0.39, 0.29) is 17.9 Å². The first-order valence-corrected chi connectivity index (χ1v) is 8.73. The van der Waals surface area contributed by atoms with Crippen LogP contribution in [-0.4, -0.2) is 38.0 Å². The van der Waals surface area contributed by atoms with E-state index in [9.17, 15) is 9.59 Å². The SMILES string of the molecule is CC(=N)CC(=S)Nc1nc(NC2(C(N)=O)CCCCC2)cnc1C(N)=O. The van der Waals surface area contributed by atoms with Crippen LogP contribution in [0, 0.1) is 5.41 Å². The normalized spacial score (nSPS) is 15.7. The highest BCUT2D eigenvalue weighted by Gasteiger charge is 2.38. The van der Waals surface area contributed by atoms with Crippen molar-refractivity contribution in [2.75, 3.05) is 10.6 Å². The number of rotatable bonds is 7. The van der Waals surface area contributed by atoms with Gasteiger partial charge in [0.25, 0.3) is 5.91 Å². The highest BCUT2D eigenvalue weighted by Crippen LogP contribution is 2.31. The highest BCUT2D eigenvalue weighted by molar-refractivity contribution is 7.80. The number of amides is 2. The summed E-state index contributed by atoms with van der Waals surface area (Å²) in [6, 6.07) is 0. The Bertz CT molecular complexity index is 744. The van der Waals surface area contributed by atoms with E-state index in [1.54, 1.807) is 6.92 Å². The van der Waals surface area contributed by atoms with Gasteiger partial charge in [0, 0.05) is 12.1 Å². The van der Waals surface area contributed by atoms with E-state index in [1.807, 2.05) is 0 Å². The second kappa shape index (κ2) is 8.17.